The molecular formula is C9H15NOS. The Bertz CT molecular complexity index is 181. The van der Waals surface area contributed by atoms with Gasteiger partial charge in [0.1, 0.15) is 0 Å². The molecule has 1 fully saturated rings. The molecule has 0 atom stereocenters. The highest BCUT2D eigenvalue weighted by molar-refractivity contribution is 7.99. The zero-order valence-electron chi connectivity index (χ0n) is 7.51. The van der Waals surface area contributed by atoms with Gasteiger partial charge in [0.25, 0.3) is 0 Å². The first-order valence-corrected chi connectivity index (χ1v) is 5.57. The second-order valence-corrected chi connectivity index (χ2v) is 3.93. The minimum atomic E-state index is 0.273. The molecule has 1 amide bonds. The van der Waals surface area contributed by atoms with Crippen LogP contribution in [-0.4, -0.2) is 35.9 Å². The quantitative estimate of drug-likeness (QED) is 0.608. The zero-order valence-corrected chi connectivity index (χ0v) is 8.32. The van der Waals surface area contributed by atoms with Crippen LogP contribution in [0, 0.1) is 0 Å². The second-order valence-electron chi connectivity index (χ2n) is 3.06. The van der Waals surface area contributed by atoms with Crippen LogP contribution < -0.4 is 0 Å². The number of piperidine rings is 1. The van der Waals surface area contributed by atoms with E-state index in [2.05, 4.69) is 6.58 Å². The molecule has 0 spiro atoms. The van der Waals surface area contributed by atoms with Crippen molar-refractivity contribution in [3.8, 4) is 0 Å². The Kier molecular flexibility index (Phi) is 3.66. The summed E-state index contributed by atoms with van der Waals surface area (Å²) in [5, 5.41) is 0. The maximum Gasteiger partial charge on any atom is 0.232 e. The first kappa shape index (κ1) is 9.65. The Labute approximate surface area is 78.0 Å². The fraction of sp³-hybridized carbons (Fsp3) is 0.667. The van der Waals surface area contributed by atoms with Gasteiger partial charge in [0, 0.05) is 13.1 Å². The zero-order chi connectivity index (χ0) is 8.97. The lowest BCUT2D eigenvalue weighted by atomic mass is 10.1. The molecule has 2 nitrogen and oxygen atoms in total. The lowest BCUT2D eigenvalue weighted by molar-refractivity contribution is -0.128. The van der Waals surface area contributed by atoms with Crippen molar-refractivity contribution in [3.63, 3.8) is 0 Å². The number of carbonyl (C=O) groups is 1. The first-order valence-electron chi connectivity index (χ1n) is 4.17. The van der Waals surface area contributed by atoms with E-state index in [1.165, 1.54) is 5.57 Å². The number of rotatable bonds is 2. The van der Waals surface area contributed by atoms with Crippen molar-refractivity contribution in [1.29, 1.82) is 0 Å². The van der Waals surface area contributed by atoms with Gasteiger partial charge in [0.15, 0.2) is 0 Å². The summed E-state index contributed by atoms with van der Waals surface area (Å²) in [4.78, 5) is 13.3. The van der Waals surface area contributed by atoms with E-state index >= 15 is 0 Å². The standard InChI is InChI=1S/C9H15NOS/c1-8-3-5-10(6-4-8)9(11)7-12-2/h1,3-7H2,2H3. The highest BCUT2D eigenvalue weighted by Gasteiger charge is 2.16. The van der Waals surface area contributed by atoms with Crippen molar-refractivity contribution < 1.29 is 4.79 Å². The van der Waals surface area contributed by atoms with Gasteiger partial charge in [-0.3, -0.25) is 4.79 Å². The number of likely N-dealkylation sites (tertiary alicyclic amines) is 1. The third-order valence-electron chi connectivity index (χ3n) is 2.09. The first-order chi connectivity index (χ1) is 5.74. The van der Waals surface area contributed by atoms with Crippen molar-refractivity contribution in [3.05, 3.63) is 12.2 Å². The molecule has 0 bridgehead atoms. The van der Waals surface area contributed by atoms with E-state index in [1.54, 1.807) is 11.8 Å². The topological polar surface area (TPSA) is 20.3 Å². The molecule has 1 saturated heterocycles. The molecule has 0 N–H and O–H groups in total. The van der Waals surface area contributed by atoms with Gasteiger partial charge >= 0.3 is 0 Å². The molecule has 1 rings (SSSR count). The third kappa shape index (κ3) is 2.55. The molecule has 3 heteroatoms. The SMILES string of the molecule is C=C1CCN(C(=O)CSC)CC1. The molecule has 1 heterocycles. The van der Waals surface area contributed by atoms with Crippen LogP contribution in [0.25, 0.3) is 0 Å². The summed E-state index contributed by atoms with van der Waals surface area (Å²) in [5.74, 6) is 0.891. The van der Waals surface area contributed by atoms with Crippen LogP contribution in [0.2, 0.25) is 0 Å². The highest BCUT2D eigenvalue weighted by atomic mass is 32.2. The van der Waals surface area contributed by atoms with Crippen LogP contribution in [0.3, 0.4) is 0 Å². The summed E-state index contributed by atoms with van der Waals surface area (Å²) in [5.41, 5.74) is 1.28. The highest BCUT2D eigenvalue weighted by Crippen LogP contribution is 2.14. The molecule has 0 aromatic heterocycles. The molecule has 0 aliphatic carbocycles. The largest absolute Gasteiger partial charge is 0.341 e. The van der Waals surface area contributed by atoms with Gasteiger partial charge in [-0.2, -0.15) is 11.8 Å². The Balaban J connectivity index is 2.33. The minimum Gasteiger partial charge on any atom is -0.341 e. The van der Waals surface area contributed by atoms with Gasteiger partial charge < -0.3 is 4.90 Å². The Morgan fingerprint density at radius 1 is 1.58 bits per heavy atom. The Morgan fingerprint density at radius 3 is 2.67 bits per heavy atom. The summed E-state index contributed by atoms with van der Waals surface area (Å²) in [6, 6.07) is 0. The average molecular weight is 185 g/mol. The molecule has 0 saturated carbocycles. The number of amides is 1. The maximum atomic E-state index is 11.4. The number of hydrogen-bond donors (Lipinski definition) is 0. The molecule has 1 aliphatic heterocycles. The number of thioether (sulfide) groups is 1. The smallest absolute Gasteiger partial charge is 0.232 e. The van der Waals surface area contributed by atoms with Gasteiger partial charge in [-0.05, 0) is 19.1 Å². The summed E-state index contributed by atoms with van der Waals surface area (Å²) in [6.45, 7) is 5.66. The van der Waals surface area contributed by atoms with E-state index in [9.17, 15) is 4.79 Å². The van der Waals surface area contributed by atoms with Crippen LogP contribution in [0.4, 0.5) is 0 Å². The average Bonchev–Trinajstić information content (AvgIpc) is 2.06. The van der Waals surface area contributed by atoms with Gasteiger partial charge in [-0.15, -0.1) is 0 Å². The predicted molar refractivity (Wildman–Crippen MR) is 53.3 cm³/mol. The fourth-order valence-corrected chi connectivity index (χ4v) is 1.72. The van der Waals surface area contributed by atoms with Crippen LogP contribution in [0.5, 0.6) is 0 Å². The normalized spacial score (nSPS) is 18.1. The monoisotopic (exact) mass is 185 g/mol. The van der Waals surface area contributed by atoms with E-state index in [4.69, 9.17) is 0 Å². The Hall–Kier alpha value is -0.440. The van der Waals surface area contributed by atoms with Crippen molar-refractivity contribution in [1.82, 2.24) is 4.90 Å². The predicted octanol–water partition coefficient (Wildman–Crippen LogP) is 1.53. The molecule has 0 radical (unpaired) electrons. The van der Waals surface area contributed by atoms with E-state index in [0.717, 1.165) is 25.9 Å². The Morgan fingerprint density at radius 2 is 2.17 bits per heavy atom. The number of carbonyl (C=O) groups excluding carboxylic acids is 1. The van der Waals surface area contributed by atoms with Crippen LogP contribution in [-0.2, 0) is 4.79 Å². The molecular weight excluding hydrogens is 170 g/mol. The molecule has 1 aliphatic rings. The van der Waals surface area contributed by atoms with E-state index in [-0.39, 0.29) is 5.91 Å². The fourth-order valence-electron chi connectivity index (χ4n) is 1.29. The van der Waals surface area contributed by atoms with Gasteiger partial charge in [0.2, 0.25) is 5.91 Å². The van der Waals surface area contributed by atoms with Crippen molar-refractivity contribution in [2.45, 2.75) is 12.8 Å². The van der Waals surface area contributed by atoms with Gasteiger partial charge in [-0.1, -0.05) is 12.2 Å². The maximum absolute atomic E-state index is 11.4. The molecule has 12 heavy (non-hydrogen) atoms. The molecule has 0 aromatic carbocycles. The summed E-state index contributed by atoms with van der Waals surface area (Å²) in [7, 11) is 0. The number of hydrogen-bond acceptors (Lipinski definition) is 2. The lowest BCUT2D eigenvalue weighted by Crippen LogP contribution is -2.37. The van der Waals surface area contributed by atoms with E-state index in [1.807, 2.05) is 11.2 Å². The van der Waals surface area contributed by atoms with Crippen molar-refractivity contribution in [2.75, 3.05) is 25.1 Å². The third-order valence-corrected chi connectivity index (χ3v) is 2.63. The van der Waals surface area contributed by atoms with Gasteiger partial charge in [0.05, 0.1) is 5.75 Å². The second kappa shape index (κ2) is 4.55. The van der Waals surface area contributed by atoms with Crippen LogP contribution in [0.15, 0.2) is 12.2 Å². The summed E-state index contributed by atoms with van der Waals surface area (Å²) >= 11 is 1.59. The van der Waals surface area contributed by atoms with E-state index in [0.29, 0.717) is 5.75 Å². The van der Waals surface area contributed by atoms with Gasteiger partial charge in [-0.25, -0.2) is 0 Å². The molecule has 68 valence electrons. The minimum absolute atomic E-state index is 0.273. The van der Waals surface area contributed by atoms with Crippen molar-refractivity contribution >= 4 is 17.7 Å². The summed E-state index contributed by atoms with van der Waals surface area (Å²) in [6.07, 6.45) is 3.93. The van der Waals surface area contributed by atoms with Crippen molar-refractivity contribution in [2.24, 2.45) is 0 Å². The number of nitrogens with zero attached hydrogens (tertiary/aromatic N) is 1. The van der Waals surface area contributed by atoms with E-state index < -0.39 is 0 Å². The summed E-state index contributed by atoms with van der Waals surface area (Å²) < 4.78 is 0. The lowest BCUT2D eigenvalue weighted by Gasteiger charge is -2.27. The molecule has 0 unspecified atom stereocenters. The van der Waals surface area contributed by atoms with Crippen LogP contribution in [0.1, 0.15) is 12.8 Å². The van der Waals surface area contributed by atoms with Crippen LogP contribution >= 0.6 is 11.8 Å². The molecule has 0 aromatic rings.